The molecular formula is C16H19NO2S. The van der Waals surface area contributed by atoms with Gasteiger partial charge in [0.15, 0.2) is 0 Å². The molecular weight excluding hydrogens is 270 g/mol. The first kappa shape index (κ1) is 14.6. The number of carbonyl (C=O) groups excluding carboxylic acids is 1. The number of methoxy groups -OCH3 is 1. The summed E-state index contributed by atoms with van der Waals surface area (Å²) in [4.78, 5) is 11.7. The molecule has 0 saturated carbocycles. The monoisotopic (exact) mass is 289 g/mol. The molecule has 0 fully saturated rings. The van der Waals surface area contributed by atoms with Gasteiger partial charge < -0.3 is 10.1 Å². The minimum absolute atomic E-state index is 0.115. The third-order valence-corrected chi connectivity index (χ3v) is 3.85. The van der Waals surface area contributed by atoms with Crippen molar-refractivity contribution in [2.45, 2.75) is 19.3 Å². The van der Waals surface area contributed by atoms with Crippen molar-refractivity contribution in [1.82, 2.24) is 5.32 Å². The second-order valence-electron chi connectivity index (χ2n) is 4.58. The Morgan fingerprint density at radius 3 is 2.60 bits per heavy atom. The van der Waals surface area contributed by atoms with Gasteiger partial charge in [0.25, 0.3) is 0 Å². The quantitative estimate of drug-likeness (QED) is 0.851. The smallest absolute Gasteiger partial charge is 0.220 e. The predicted molar refractivity (Wildman–Crippen MR) is 82.3 cm³/mol. The predicted octanol–water partition coefficient (Wildman–Crippen LogP) is 3.05. The molecule has 0 aliphatic carbocycles. The summed E-state index contributed by atoms with van der Waals surface area (Å²) in [6.07, 6.45) is 2.21. The Morgan fingerprint density at radius 2 is 1.95 bits per heavy atom. The third kappa shape index (κ3) is 4.70. The molecule has 0 aliphatic heterocycles. The Morgan fingerprint density at radius 1 is 1.15 bits per heavy atom. The van der Waals surface area contributed by atoms with Crippen LogP contribution in [-0.2, 0) is 17.6 Å². The van der Waals surface area contributed by atoms with Crippen LogP contribution in [0.5, 0.6) is 5.75 Å². The lowest BCUT2D eigenvalue weighted by atomic mass is 10.1. The van der Waals surface area contributed by atoms with Crippen LogP contribution >= 0.6 is 11.3 Å². The molecule has 1 heterocycles. The van der Waals surface area contributed by atoms with E-state index in [1.54, 1.807) is 18.4 Å². The molecule has 106 valence electrons. The molecule has 2 aromatic rings. The summed E-state index contributed by atoms with van der Waals surface area (Å²) in [5.74, 6) is 0.971. The number of aryl methyl sites for hydroxylation is 1. The molecule has 2 rings (SSSR count). The molecule has 1 amide bonds. The third-order valence-electron chi connectivity index (χ3n) is 3.12. The molecule has 0 atom stereocenters. The standard InChI is InChI=1S/C16H19NO2S/c1-19-15-5-2-13(3-6-15)8-10-17-16(18)7-4-14-9-11-20-12-14/h2-3,5-6,9,11-12H,4,7-8,10H2,1H3,(H,17,18). The van der Waals surface area contributed by atoms with Crippen LogP contribution in [0.15, 0.2) is 41.1 Å². The van der Waals surface area contributed by atoms with Crippen molar-refractivity contribution in [1.29, 1.82) is 0 Å². The van der Waals surface area contributed by atoms with Crippen LogP contribution in [0.1, 0.15) is 17.5 Å². The summed E-state index contributed by atoms with van der Waals surface area (Å²) in [5.41, 5.74) is 2.43. The summed E-state index contributed by atoms with van der Waals surface area (Å²) in [5, 5.41) is 7.08. The van der Waals surface area contributed by atoms with E-state index in [0.29, 0.717) is 13.0 Å². The normalized spacial score (nSPS) is 10.2. The number of amides is 1. The molecule has 1 N–H and O–H groups in total. The van der Waals surface area contributed by atoms with Gasteiger partial charge in [-0.3, -0.25) is 4.79 Å². The molecule has 20 heavy (non-hydrogen) atoms. The Bertz CT molecular complexity index is 520. The van der Waals surface area contributed by atoms with E-state index in [9.17, 15) is 4.79 Å². The van der Waals surface area contributed by atoms with Gasteiger partial charge in [-0.2, -0.15) is 11.3 Å². The summed E-state index contributed by atoms with van der Waals surface area (Å²) < 4.78 is 5.11. The first-order valence-corrected chi connectivity index (χ1v) is 7.63. The van der Waals surface area contributed by atoms with E-state index in [-0.39, 0.29) is 5.91 Å². The van der Waals surface area contributed by atoms with E-state index in [1.165, 1.54) is 11.1 Å². The Kier molecular flexibility index (Phi) is 5.62. The highest BCUT2D eigenvalue weighted by Gasteiger charge is 2.02. The number of benzene rings is 1. The van der Waals surface area contributed by atoms with E-state index in [1.807, 2.05) is 29.6 Å². The van der Waals surface area contributed by atoms with E-state index < -0.39 is 0 Å². The number of hydrogen-bond donors (Lipinski definition) is 1. The van der Waals surface area contributed by atoms with Crippen LogP contribution in [0.3, 0.4) is 0 Å². The van der Waals surface area contributed by atoms with Crippen molar-refractivity contribution < 1.29 is 9.53 Å². The van der Waals surface area contributed by atoms with Crippen molar-refractivity contribution in [2.75, 3.05) is 13.7 Å². The molecule has 0 spiro atoms. The molecule has 3 nitrogen and oxygen atoms in total. The van der Waals surface area contributed by atoms with Gasteiger partial charge in [-0.1, -0.05) is 12.1 Å². The van der Waals surface area contributed by atoms with Crippen molar-refractivity contribution in [3.63, 3.8) is 0 Å². The molecule has 0 aliphatic rings. The lowest BCUT2D eigenvalue weighted by Crippen LogP contribution is -2.25. The zero-order valence-corrected chi connectivity index (χ0v) is 12.4. The van der Waals surface area contributed by atoms with Crippen LogP contribution in [0.2, 0.25) is 0 Å². The SMILES string of the molecule is COc1ccc(CCNC(=O)CCc2ccsc2)cc1. The number of ether oxygens (including phenoxy) is 1. The number of rotatable bonds is 7. The van der Waals surface area contributed by atoms with Gasteiger partial charge in [0.1, 0.15) is 5.75 Å². The highest BCUT2D eigenvalue weighted by Crippen LogP contribution is 2.11. The first-order valence-electron chi connectivity index (χ1n) is 6.68. The van der Waals surface area contributed by atoms with Crippen LogP contribution in [-0.4, -0.2) is 19.6 Å². The van der Waals surface area contributed by atoms with Crippen molar-refractivity contribution in [3.05, 3.63) is 52.2 Å². The van der Waals surface area contributed by atoms with Gasteiger partial charge in [-0.25, -0.2) is 0 Å². The molecule has 1 aromatic heterocycles. The van der Waals surface area contributed by atoms with Gasteiger partial charge in [0.2, 0.25) is 5.91 Å². The second-order valence-corrected chi connectivity index (χ2v) is 5.36. The molecule has 0 bridgehead atoms. The van der Waals surface area contributed by atoms with Crippen molar-refractivity contribution in [3.8, 4) is 5.75 Å². The fraction of sp³-hybridized carbons (Fsp3) is 0.312. The molecule has 1 aromatic carbocycles. The van der Waals surface area contributed by atoms with Gasteiger partial charge in [0.05, 0.1) is 7.11 Å². The number of nitrogens with one attached hydrogen (secondary N) is 1. The van der Waals surface area contributed by atoms with Gasteiger partial charge in [-0.05, 0) is 52.9 Å². The van der Waals surface area contributed by atoms with E-state index in [4.69, 9.17) is 4.74 Å². The lowest BCUT2D eigenvalue weighted by Gasteiger charge is -2.06. The zero-order valence-electron chi connectivity index (χ0n) is 11.6. The van der Waals surface area contributed by atoms with Crippen LogP contribution < -0.4 is 10.1 Å². The highest BCUT2D eigenvalue weighted by atomic mass is 32.1. The van der Waals surface area contributed by atoms with E-state index >= 15 is 0 Å². The van der Waals surface area contributed by atoms with Crippen LogP contribution in [0, 0.1) is 0 Å². The maximum absolute atomic E-state index is 11.7. The summed E-state index contributed by atoms with van der Waals surface area (Å²) in [6, 6.07) is 9.99. The first-order chi connectivity index (χ1) is 9.78. The average molecular weight is 289 g/mol. The maximum Gasteiger partial charge on any atom is 0.220 e. The fourth-order valence-electron chi connectivity index (χ4n) is 1.92. The van der Waals surface area contributed by atoms with Gasteiger partial charge in [0, 0.05) is 13.0 Å². The lowest BCUT2D eigenvalue weighted by molar-refractivity contribution is -0.121. The topological polar surface area (TPSA) is 38.3 Å². The van der Waals surface area contributed by atoms with Gasteiger partial charge in [-0.15, -0.1) is 0 Å². The fourth-order valence-corrected chi connectivity index (χ4v) is 2.62. The van der Waals surface area contributed by atoms with Gasteiger partial charge >= 0.3 is 0 Å². The van der Waals surface area contributed by atoms with Crippen molar-refractivity contribution in [2.24, 2.45) is 0 Å². The Hall–Kier alpha value is -1.81. The van der Waals surface area contributed by atoms with Crippen molar-refractivity contribution >= 4 is 17.2 Å². The summed E-state index contributed by atoms with van der Waals surface area (Å²) in [6.45, 7) is 0.675. The summed E-state index contributed by atoms with van der Waals surface area (Å²) >= 11 is 1.67. The maximum atomic E-state index is 11.7. The molecule has 4 heteroatoms. The van der Waals surface area contributed by atoms with Crippen LogP contribution in [0.25, 0.3) is 0 Å². The van der Waals surface area contributed by atoms with Crippen LogP contribution in [0.4, 0.5) is 0 Å². The molecule has 0 unspecified atom stereocenters. The minimum atomic E-state index is 0.115. The molecule has 0 saturated heterocycles. The number of thiophene rings is 1. The number of hydrogen-bond acceptors (Lipinski definition) is 3. The Balaban J connectivity index is 1.65. The van der Waals surface area contributed by atoms with E-state index in [0.717, 1.165) is 18.6 Å². The zero-order chi connectivity index (χ0) is 14.2. The highest BCUT2D eigenvalue weighted by molar-refractivity contribution is 7.07. The number of carbonyl (C=O) groups is 1. The summed E-state index contributed by atoms with van der Waals surface area (Å²) in [7, 11) is 1.66. The second kappa shape index (κ2) is 7.70. The molecule has 0 radical (unpaired) electrons. The minimum Gasteiger partial charge on any atom is -0.497 e. The largest absolute Gasteiger partial charge is 0.497 e. The Labute approximate surface area is 123 Å². The van der Waals surface area contributed by atoms with E-state index in [2.05, 4.69) is 16.8 Å². The average Bonchev–Trinajstić information content (AvgIpc) is 2.99.